The van der Waals surface area contributed by atoms with E-state index in [1.165, 1.54) is 6.07 Å². The highest BCUT2D eigenvalue weighted by atomic mass is 35.5. The van der Waals surface area contributed by atoms with Crippen molar-refractivity contribution in [2.45, 2.75) is 12.6 Å². The Bertz CT molecular complexity index is 564. The summed E-state index contributed by atoms with van der Waals surface area (Å²) in [4.78, 5) is 6.22. The molecule has 2 rings (SSSR count). The third kappa shape index (κ3) is 3.00. The van der Waals surface area contributed by atoms with Crippen LogP contribution in [0.15, 0.2) is 30.6 Å². The number of rotatable bonds is 5. The third-order valence-electron chi connectivity index (χ3n) is 3.40. The summed E-state index contributed by atoms with van der Waals surface area (Å²) in [6, 6.07) is 4.38. The van der Waals surface area contributed by atoms with E-state index in [2.05, 4.69) is 4.98 Å². The number of hydrogen-bond acceptors (Lipinski definition) is 3. The zero-order valence-corrected chi connectivity index (χ0v) is 12.3. The Morgan fingerprint density at radius 3 is 2.80 bits per heavy atom. The van der Waals surface area contributed by atoms with Crippen LogP contribution >= 0.6 is 11.6 Å². The van der Waals surface area contributed by atoms with Gasteiger partial charge in [0.1, 0.15) is 11.6 Å². The fourth-order valence-electron chi connectivity index (χ4n) is 2.23. The van der Waals surface area contributed by atoms with E-state index in [1.807, 2.05) is 29.8 Å². The van der Waals surface area contributed by atoms with Gasteiger partial charge < -0.3 is 10.3 Å². The number of benzene rings is 1. The van der Waals surface area contributed by atoms with Gasteiger partial charge in [-0.15, -0.1) is 0 Å². The molecule has 0 saturated heterocycles. The summed E-state index contributed by atoms with van der Waals surface area (Å²) >= 11 is 6.12. The lowest BCUT2D eigenvalue weighted by molar-refractivity contribution is 0.229. The number of nitrogens with two attached hydrogens (primary N) is 1. The van der Waals surface area contributed by atoms with Gasteiger partial charge in [-0.1, -0.05) is 17.7 Å². The maximum atomic E-state index is 14.0. The SMILES string of the molecule is CN(Cc1nccn1C)C(CN)c1c(F)cccc1Cl. The van der Waals surface area contributed by atoms with E-state index < -0.39 is 0 Å². The van der Waals surface area contributed by atoms with Gasteiger partial charge in [-0.3, -0.25) is 4.90 Å². The van der Waals surface area contributed by atoms with Crippen LogP contribution in [-0.4, -0.2) is 28.0 Å². The molecule has 108 valence electrons. The number of imidazole rings is 1. The molecule has 0 aliphatic rings. The average molecular weight is 297 g/mol. The molecule has 1 atom stereocenters. The van der Waals surface area contributed by atoms with Crippen LogP contribution in [0.5, 0.6) is 0 Å². The van der Waals surface area contributed by atoms with Crippen LogP contribution in [0.4, 0.5) is 4.39 Å². The molecule has 1 aromatic carbocycles. The van der Waals surface area contributed by atoms with E-state index in [-0.39, 0.29) is 18.4 Å². The Hall–Kier alpha value is -1.43. The first-order chi connectivity index (χ1) is 9.54. The molecule has 0 amide bonds. The fraction of sp³-hybridized carbons (Fsp3) is 0.357. The molecule has 0 radical (unpaired) electrons. The summed E-state index contributed by atoms with van der Waals surface area (Å²) in [5.74, 6) is 0.554. The normalized spacial score (nSPS) is 12.9. The van der Waals surface area contributed by atoms with Gasteiger partial charge in [0.15, 0.2) is 0 Å². The summed E-state index contributed by atoms with van der Waals surface area (Å²) in [5.41, 5.74) is 6.25. The summed E-state index contributed by atoms with van der Waals surface area (Å²) in [6.07, 6.45) is 3.60. The molecular formula is C14H18ClFN4. The van der Waals surface area contributed by atoms with Gasteiger partial charge in [0.25, 0.3) is 0 Å². The molecule has 0 bridgehead atoms. The Morgan fingerprint density at radius 2 is 2.25 bits per heavy atom. The standard InChI is InChI=1S/C14H18ClFN4/c1-19-7-6-18-13(19)9-20(2)12(8-17)14-10(15)4-3-5-11(14)16/h3-7,12H,8-9,17H2,1-2H3. The largest absolute Gasteiger partial charge is 0.337 e. The van der Waals surface area contributed by atoms with Crippen LogP contribution < -0.4 is 5.73 Å². The van der Waals surface area contributed by atoms with E-state index in [0.717, 1.165) is 5.82 Å². The molecule has 20 heavy (non-hydrogen) atoms. The Kier molecular flexibility index (Phi) is 4.75. The van der Waals surface area contributed by atoms with Crippen molar-refractivity contribution in [1.29, 1.82) is 0 Å². The number of aromatic nitrogens is 2. The van der Waals surface area contributed by atoms with Gasteiger partial charge in [0.2, 0.25) is 0 Å². The van der Waals surface area contributed by atoms with Crippen molar-refractivity contribution in [3.05, 3.63) is 52.8 Å². The van der Waals surface area contributed by atoms with Crippen LogP contribution in [0, 0.1) is 5.82 Å². The van der Waals surface area contributed by atoms with E-state index >= 15 is 0 Å². The number of aryl methyl sites for hydroxylation is 1. The second-order valence-corrected chi connectivity index (χ2v) is 5.16. The molecule has 0 spiro atoms. The molecule has 2 N–H and O–H groups in total. The second-order valence-electron chi connectivity index (χ2n) is 4.76. The number of nitrogens with zero attached hydrogens (tertiary/aromatic N) is 3. The highest BCUT2D eigenvalue weighted by Gasteiger charge is 2.22. The highest BCUT2D eigenvalue weighted by molar-refractivity contribution is 6.31. The minimum Gasteiger partial charge on any atom is -0.337 e. The van der Waals surface area contributed by atoms with E-state index in [9.17, 15) is 4.39 Å². The van der Waals surface area contributed by atoms with E-state index in [4.69, 9.17) is 17.3 Å². The van der Waals surface area contributed by atoms with Crippen molar-refractivity contribution in [2.75, 3.05) is 13.6 Å². The molecule has 0 saturated carbocycles. The highest BCUT2D eigenvalue weighted by Crippen LogP contribution is 2.29. The predicted molar refractivity (Wildman–Crippen MR) is 77.9 cm³/mol. The van der Waals surface area contributed by atoms with Crippen LogP contribution in [0.3, 0.4) is 0 Å². The second kappa shape index (κ2) is 6.35. The van der Waals surface area contributed by atoms with Gasteiger partial charge in [0.05, 0.1) is 12.6 Å². The van der Waals surface area contributed by atoms with Crippen molar-refractivity contribution < 1.29 is 4.39 Å². The predicted octanol–water partition coefficient (Wildman–Crippen LogP) is 2.34. The zero-order valence-electron chi connectivity index (χ0n) is 11.6. The minimum absolute atomic E-state index is 0.279. The summed E-state index contributed by atoms with van der Waals surface area (Å²) < 4.78 is 15.9. The summed E-state index contributed by atoms with van der Waals surface area (Å²) in [6.45, 7) is 0.845. The zero-order chi connectivity index (χ0) is 14.7. The lowest BCUT2D eigenvalue weighted by atomic mass is 10.0. The maximum absolute atomic E-state index is 14.0. The third-order valence-corrected chi connectivity index (χ3v) is 3.73. The molecule has 1 unspecified atom stereocenters. The van der Waals surface area contributed by atoms with Crippen molar-refractivity contribution in [3.63, 3.8) is 0 Å². The van der Waals surface area contributed by atoms with E-state index in [1.54, 1.807) is 18.3 Å². The van der Waals surface area contributed by atoms with Crippen molar-refractivity contribution in [1.82, 2.24) is 14.5 Å². The first-order valence-electron chi connectivity index (χ1n) is 6.35. The summed E-state index contributed by atoms with van der Waals surface area (Å²) in [5, 5.41) is 0.396. The smallest absolute Gasteiger partial charge is 0.129 e. The molecular weight excluding hydrogens is 279 g/mol. The summed E-state index contributed by atoms with van der Waals surface area (Å²) in [7, 11) is 3.80. The quantitative estimate of drug-likeness (QED) is 0.921. The lowest BCUT2D eigenvalue weighted by Crippen LogP contribution is -2.32. The van der Waals surface area contributed by atoms with Crippen LogP contribution in [0.1, 0.15) is 17.4 Å². The van der Waals surface area contributed by atoms with Gasteiger partial charge in [-0.05, 0) is 19.2 Å². The molecule has 1 heterocycles. The van der Waals surface area contributed by atoms with E-state index in [0.29, 0.717) is 17.1 Å². The van der Waals surface area contributed by atoms with Gasteiger partial charge >= 0.3 is 0 Å². The molecule has 0 aliphatic heterocycles. The van der Waals surface area contributed by atoms with Crippen molar-refractivity contribution in [2.24, 2.45) is 12.8 Å². The van der Waals surface area contributed by atoms with Gasteiger partial charge in [-0.25, -0.2) is 9.37 Å². The van der Waals surface area contributed by atoms with Gasteiger partial charge in [-0.2, -0.15) is 0 Å². The first-order valence-corrected chi connectivity index (χ1v) is 6.72. The molecule has 0 fully saturated rings. The van der Waals surface area contributed by atoms with Crippen LogP contribution in [-0.2, 0) is 13.6 Å². The minimum atomic E-state index is -0.334. The van der Waals surface area contributed by atoms with Crippen LogP contribution in [0.2, 0.25) is 5.02 Å². The molecule has 4 nitrogen and oxygen atoms in total. The van der Waals surface area contributed by atoms with Gasteiger partial charge in [0, 0.05) is 36.6 Å². The Morgan fingerprint density at radius 1 is 1.50 bits per heavy atom. The average Bonchev–Trinajstić information content (AvgIpc) is 2.79. The van der Waals surface area contributed by atoms with Crippen molar-refractivity contribution >= 4 is 11.6 Å². The lowest BCUT2D eigenvalue weighted by Gasteiger charge is -2.28. The van der Waals surface area contributed by atoms with Crippen LogP contribution in [0.25, 0.3) is 0 Å². The number of hydrogen-bond donors (Lipinski definition) is 1. The Labute approximate surface area is 123 Å². The van der Waals surface area contributed by atoms with Crippen molar-refractivity contribution in [3.8, 4) is 0 Å². The first kappa shape index (κ1) is 15.0. The molecule has 1 aromatic heterocycles. The monoisotopic (exact) mass is 296 g/mol. The number of halogens is 2. The Balaban J connectivity index is 2.26. The topological polar surface area (TPSA) is 47.1 Å². The fourth-order valence-corrected chi connectivity index (χ4v) is 2.52. The maximum Gasteiger partial charge on any atom is 0.129 e. The molecule has 2 aromatic rings. The molecule has 6 heteroatoms. The molecule has 0 aliphatic carbocycles. The number of likely N-dealkylation sites (N-methyl/N-ethyl adjacent to an activating group) is 1.